The Balaban J connectivity index is 2.37. The van der Waals surface area contributed by atoms with Crippen LogP contribution in [0, 0.1) is 5.41 Å². The third-order valence-corrected chi connectivity index (χ3v) is 4.00. The summed E-state index contributed by atoms with van der Waals surface area (Å²) in [5, 5.41) is 0.361. The fourth-order valence-electron chi connectivity index (χ4n) is 1.77. The fraction of sp³-hybridized carbons (Fsp3) is 0.833. The molecule has 1 rings (SSSR count). The molecule has 1 fully saturated rings. The quantitative estimate of drug-likeness (QED) is 0.721. The van der Waals surface area contributed by atoms with Gasteiger partial charge in [0.05, 0.1) is 12.9 Å². The van der Waals surface area contributed by atoms with Gasteiger partial charge in [-0.15, -0.1) is 11.8 Å². The summed E-state index contributed by atoms with van der Waals surface area (Å²) < 4.78 is 4.60. The zero-order chi connectivity index (χ0) is 13.1. The van der Waals surface area contributed by atoms with Crippen LogP contribution >= 0.6 is 11.8 Å². The lowest BCUT2D eigenvalue weighted by Gasteiger charge is -2.25. The van der Waals surface area contributed by atoms with E-state index in [0.29, 0.717) is 11.0 Å². The van der Waals surface area contributed by atoms with Crippen LogP contribution in [0.3, 0.4) is 0 Å². The van der Waals surface area contributed by atoms with E-state index in [1.807, 2.05) is 25.7 Å². The molecule has 0 aliphatic carbocycles. The van der Waals surface area contributed by atoms with Crippen molar-refractivity contribution in [1.82, 2.24) is 4.90 Å². The average Bonchev–Trinajstić information content (AvgIpc) is 2.71. The summed E-state index contributed by atoms with van der Waals surface area (Å²) in [7, 11) is 1.40. The van der Waals surface area contributed by atoms with Crippen LogP contribution in [0.4, 0.5) is 0 Å². The number of rotatable bonds is 3. The zero-order valence-corrected chi connectivity index (χ0v) is 11.8. The van der Waals surface area contributed by atoms with E-state index >= 15 is 0 Å². The van der Waals surface area contributed by atoms with Gasteiger partial charge in [-0.05, 0) is 6.42 Å². The molecule has 0 radical (unpaired) electrons. The van der Waals surface area contributed by atoms with Gasteiger partial charge in [-0.25, -0.2) is 0 Å². The molecule has 0 aromatic heterocycles. The van der Waals surface area contributed by atoms with Gasteiger partial charge in [-0.1, -0.05) is 20.8 Å². The smallest absolute Gasteiger partial charge is 0.315 e. The van der Waals surface area contributed by atoms with E-state index in [2.05, 4.69) is 4.74 Å². The predicted octanol–water partition coefficient (Wildman–Crippen LogP) is 1.54. The van der Waals surface area contributed by atoms with E-state index < -0.39 is 0 Å². The molecule has 0 bridgehead atoms. The van der Waals surface area contributed by atoms with Gasteiger partial charge in [0, 0.05) is 23.8 Å². The van der Waals surface area contributed by atoms with Crippen LogP contribution in [0.25, 0.3) is 0 Å². The number of hydrogen-bond donors (Lipinski definition) is 0. The molecular formula is C12H21NO3S. The highest BCUT2D eigenvalue weighted by Gasteiger charge is 2.33. The van der Waals surface area contributed by atoms with Crippen LogP contribution in [-0.4, -0.2) is 48.0 Å². The highest BCUT2D eigenvalue weighted by Crippen LogP contribution is 2.26. The first-order valence-corrected chi connectivity index (χ1v) is 6.87. The number of methoxy groups -OCH3 is 1. The number of carbonyl (C=O) groups excluding carboxylic acids is 2. The van der Waals surface area contributed by atoms with E-state index in [4.69, 9.17) is 0 Å². The van der Waals surface area contributed by atoms with Crippen molar-refractivity contribution in [2.75, 3.05) is 26.0 Å². The van der Waals surface area contributed by atoms with Crippen molar-refractivity contribution in [1.29, 1.82) is 0 Å². The standard InChI is InChI=1S/C12H21NO3S/c1-12(2,3)11(15)13-6-5-9(7-13)17-8-10(14)16-4/h9H,5-8H2,1-4H3/t9-/m1/s1. The Morgan fingerprint density at radius 1 is 1.41 bits per heavy atom. The van der Waals surface area contributed by atoms with Gasteiger partial charge in [-0.3, -0.25) is 9.59 Å². The highest BCUT2D eigenvalue weighted by atomic mass is 32.2. The summed E-state index contributed by atoms with van der Waals surface area (Å²) in [5.74, 6) is 0.368. The minimum atomic E-state index is -0.318. The molecular weight excluding hydrogens is 238 g/mol. The topological polar surface area (TPSA) is 46.6 Å². The van der Waals surface area contributed by atoms with Crippen LogP contribution < -0.4 is 0 Å². The maximum absolute atomic E-state index is 12.0. The van der Waals surface area contributed by atoms with E-state index in [9.17, 15) is 9.59 Å². The van der Waals surface area contributed by atoms with Gasteiger partial charge in [-0.2, -0.15) is 0 Å². The third-order valence-electron chi connectivity index (χ3n) is 2.74. The van der Waals surface area contributed by atoms with Crippen LogP contribution in [0.1, 0.15) is 27.2 Å². The Morgan fingerprint density at radius 3 is 2.59 bits per heavy atom. The highest BCUT2D eigenvalue weighted by molar-refractivity contribution is 8.00. The third kappa shape index (κ3) is 4.22. The van der Waals surface area contributed by atoms with Gasteiger partial charge >= 0.3 is 5.97 Å². The lowest BCUT2D eigenvalue weighted by Crippen LogP contribution is -2.38. The zero-order valence-electron chi connectivity index (χ0n) is 11.0. The molecule has 1 atom stereocenters. The first-order valence-electron chi connectivity index (χ1n) is 5.82. The van der Waals surface area contributed by atoms with Crippen LogP contribution in [0.2, 0.25) is 0 Å². The second-order valence-electron chi connectivity index (χ2n) is 5.30. The van der Waals surface area contributed by atoms with Crippen molar-refractivity contribution in [2.45, 2.75) is 32.4 Å². The van der Waals surface area contributed by atoms with Crippen LogP contribution in [-0.2, 0) is 14.3 Å². The average molecular weight is 259 g/mol. The number of thioether (sulfide) groups is 1. The molecule has 1 aliphatic rings. The molecule has 0 aromatic carbocycles. The molecule has 0 saturated carbocycles. The van der Waals surface area contributed by atoms with Crippen molar-refractivity contribution >= 4 is 23.6 Å². The maximum atomic E-state index is 12.0. The molecule has 1 heterocycles. The molecule has 4 nitrogen and oxygen atoms in total. The van der Waals surface area contributed by atoms with Crippen LogP contribution in [0.15, 0.2) is 0 Å². The van der Waals surface area contributed by atoms with E-state index in [-0.39, 0.29) is 17.3 Å². The summed E-state index contributed by atoms with van der Waals surface area (Å²) in [6.07, 6.45) is 0.962. The summed E-state index contributed by atoms with van der Waals surface area (Å²) in [6, 6.07) is 0. The van der Waals surface area contributed by atoms with E-state index in [0.717, 1.165) is 19.5 Å². The second kappa shape index (κ2) is 5.76. The molecule has 17 heavy (non-hydrogen) atoms. The van der Waals surface area contributed by atoms with Gasteiger partial charge in [0.1, 0.15) is 0 Å². The van der Waals surface area contributed by atoms with Crippen molar-refractivity contribution in [3.63, 3.8) is 0 Å². The predicted molar refractivity (Wildman–Crippen MR) is 68.9 cm³/mol. The van der Waals surface area contributed by atoms with Gasteiger partial charge in [0.25, 0.3) is 0 Å². The molecule has 0 aromatic rings. The van der Waals surface area contributed by atoms with Gasteiger partial charge < -0.3 is 9.64 Å². The molecule has 1 saturated heterocycles. The lowest BCUT2D eigenvalue weighted by molar-refractivity contribution is -0.138. The molecule has 1 aliphatic heterocycles. The first kappa shape index (κ1) is 14.4. The molecule has 0 spiro atoms. The molecule has 98 valence electrons. The summed E-state index contributed by atoms with van der Waals surface area (Å²) in [6.45, 7) is 7.35. The number of ether oxygens (including phenoxy) is 1. The minimum absolute atomic E-state index is 0.193. The number of esters is 1. The Morgan fingerprint density at radius 2 is 2.06 bits per heavy atom. The molecule has 1 amide bonds. The van der Waals surface area contributed by atoms with E-state index in [1.54, 1.807) is 11.8 Å². The number of likely N-dealkylation sites (tertiary alicyclic amines) is 1. The maximum Gasteiger partial charge on any atom is 0.315 e. The SMILES string of the molecule is COC(=O)CS[C@@H]1CCN(C(=O)C(C)(C)C)C1. The Hall–Kier alpha value is -0.710. The number of nitrogens with zero attached hydrogens (tertiary/aromatic N) is 1. The Bertz CT molecular complexity index is 299. The summed E-state index contributed by atoms with van der Waals surface area (Å²) in [5.41, 5.74) is -0.318. The van der Waals surface area contributed by atoms with Crippen molar-refractivity contribution in [2.24, 2.45) is 5.41 Å². The molecule has 0 N–H and O–H groups in total. The molecule has 5 heteroatoms. The number of hydrogen-bond acceptors (Lipinski definition) is 4. The second-order valence-corrected chi connectivity index (χ2v) is 6.59. The summed E-state index contributed by atoms with van der Waals surface area (Å²) in [4.78, 5) is 24.9. The van der Waals surface area contributed by atoms with Gasteiger partial charge in [0.2, 0.25) is 5.91 Å². The summed E-state index contributed by atoms with van der Waals surface area (Å²) >= 11 is 1.58. The van der Waals surface area contributed by atoms with E-state index in [1.165, 1.54) is 7.11 Å². The van der Waals surface area contributed by atoms with Crippen molar-refractivity contribution in [3.8, 4) is 0 Å². The minimum Gasteiger partial charge on any atom is -0.468 e. The van der Waals surface area contributed by atoms with Crippen LogP contribution in [0.5, 0.6) is 0 Å². The Labute approximate surface area is 107 Å². The largest absolute Gasteiger partial charge is 0.468 e. The lowest BCUT2D eigenvalue weighted by atomic mass is 9.95. The van der Waals surface area contributed by atoms with Gasteiger partial charge in [0.15, 0.2) is 0 Å². The monoisotopic (exact) mass is 259 g/mol. The van der Waals surface area contributed by atoms with Crippen molar-refractivity contribution in [3.05, 3.63) is 0 Å². The Kier molecular flexibility index (Phi) is 4.86. The molecule has 0 unspecified atom stereocenters. The first-order chi connectivity index (χ1) is 7.84. The normalized spacial score (nSPS) is 20.5. The fourth-order valence-corrected chi connectivity index (χ4v) is 2.81. The number of amides is 1. The number of carbonyl (C=O) groups is 2. The van der Waals surface area contributed by atoms with Crippen molar-refractivity contribution < 1.29 is 14.3 Å².